The molecule has 35 heavy (non-hydrogen) atoms. The van der Waals surface area contributed by atoms with Gasteiger partial charge in [0.1, 0.15) is 6.04 Å². The van der Waals surface area contributed by atoms with Gasteiger partial charge in [-0.1, -0.05) is 11.6 Å². The van der Waals surface area contributed by atoms with Crippen molar-refractivity contribution in [3.05, 3.63) is 59.1 Å². The van der Waals surface area contributed by atoms with Crippen LogP contribution in [0.2, 0.25) is 5.02 Å². The van der Waals surface area contributed by atoms with Crippen LogP contribution in [0.25, 0.3) is 0 Å². The Morgan fingerprint density at radius 1 is 0.971 bits per heavy atom. The van der Waals surface area contributed by atoms with E-state index in [1.807, 2.05) is 11.9 Å². The molecule has 1 unspecified atom stereocenters. The summed E-state index contributed by atoms with van der Waals surface area (Å²) in [5.74, 6) is -0.354. The zero-order valence-corrected chi connectivity index (χ0v) is 20.5. The summed E-state index contributed by atoms with van der Waals surface area (Å²) < 4.78 is 5.43. The third kappa shape index (κ3) is 5.75. The van der Waals surface area contributed by atoms with Crippen LogP contribution < -0.4 is 16.0 Å². The largest absolute Gasteiger partial charge is 0.380 e. The number of likely N-dealkylation sites (tertiary alicyclic amines) is 2. The van der Waals surface area contributed by atoms with Crippen molar-refractivity contribution in [3.63, 3.8) is 0 Å². The number of hydrogen-bond donors (Lipinski definition) is 3. The lowest BCUT2D eigenvalue weighted by Crippen LogP contribution is -2.45. The van der Waals surface area contributed by atoms with Crippen molar-refractivity contribution in [2.45, 2.75) is 37.6 Å². The number of urea groups is 1. The fourth-order valence-corrected chi connectivity index (χ4v) is 4.69. The first kappa shape index (κ1) is 25.0. The summed E-state index contributed by atoms with van der Waals surface area (Å²) in [6.07, 6.45) is 2.08. The van der Waals surface area contributed by atoms with Crippen molar-refractivity contribution in [2.75, 3.05) is 37.9 Å². The Kier molecular flexibility index (Phi) is 7.90. The van der Waals surface area contributed by atoms with Gasteiger partial charge >= 0.3 is 6.03 Å². The molecule has 2 heterocycles. The molecule has 2 aliphatic rings. The van der Waals surface area contributed by atoms with Gasteiger partial charge in [0.05, 0.1) is 12.3 Å². The molecule has 4 amide bonds. The molecule has 0 aromatic heterocycles. The van der Waals surface area contributed by atoms with Crippen molar-refractivity contribution >= 4 is 40.8 Å². The molecule has 0 bridgehead atoms. The summed E-state index contributed by atoms with van der Waals surface area (Å²) in [6.45, 7) is 1.02. The molecule has 3 N–H and O–H groups in total. The molecule has 4 rings (SSSR count). The van der Waals surface area contributed by atoms with Gasteiger partial charge in [-0.25, -0.2) is 4.79 Å². The molecule has 9 nitrogen and oxygen atoms in total. The molecule has 2 aromatic carbocycles. The molecule has 2 fully saturated rings. The number of nitrogens with one attached hydrogen (secondary N) is 3. The standard InChI is InChI=1S/C25H30ClN5O4/c1-27-22-4-3-13-30(22)24(33)16-5-9-18(10-6-16)28-23(32)21-14-20(35-2)15-31(21)25(34)29-19-11-7-17(26)8-12-19/h5-12,20-22,27H,3-4,13-15H2,1-2H3,(H,28,32)(H,29,34)/t20-,21-,22?/m1/s1. The second kappa shape index (κ2) is 11.1. The molecule has 2 aromatic rings. The zero-order chi connectivity index (χ0) is 24.9. The van der Waals surface area contributed by atoms with Crippen molar-refractivity contribution < 1.29 is 19.1 Å². The number of nitrogens with zero attached hydrogens (tertiary/aromatic N) is 2. The molecule has 186 valence electrons. The first-order valence-corrected chi connectivity index (χ1v) is 12.0. The van der Waals surface area contributed by atoms with E-state index >= 15 is 0 Å². The molecule has 0 saturated carbocycles. The van der Waals surface area contributed by atoms with Gasteiger partial charge in [-0.2, -0.15) is 0 Å². The van der Waals surface area contributed by atoms with Gasteiger partial charge in [0.25, 0.3) is 5.91 Å². The van der Waals surface area contributed by atoms with E-state index in [0.717, 1.165) is 19.4 Å². The van der Waals surface area contributed by atoms with Crippen LogP contribution >= 0.6 is 11.6 Å². The van der Waals surface area contributed by atoms with E-state index in [1.165, 1.54) is 4.90 Å². The van der Waals surface area contributed by atoms with Gasteiger partial charge in [0.2, 0.25) is 5.91 Å². The molecule has 10 heteroatoms. The van der Waals surface area contributed by atoms with E-state index in [-0.39, 0.29) is 24.1 Å². The maximum absolute atomic E-state index is 13.1. The summed E-state index contributed by atoms with van der Waals surface area (Å²) >= 11 is 5.91. The number of carbonyl (C=O) groups is 3. The summed E-state index contributed by atoms with van der Waals surface area (Å²) in [5, 5.41) is 9.41. The molecule has 0 aliphatic carbocycles. The summed E-state index contributed by atoms with van der Waals surface area (Å²) in [4.78, 5) is 42.2. The van der Waals surface area contributed by atoms with Crippen LogP contribution in [0, 0.1) is 0 Å². The topological polar surface area (TPSA) is 103 Å². The van der Waals surface area contributed by atoms with E-state index < -0.39 is 12.1 Å². The molecule has 0 spiro atoms. The minimum atomic E-state index is -0.699. The summed E-state index contributed by atoms with van der Waals surface area (Å²) in [6, 6.07) is 12.5. The molecule has 3 atom stereocenters. The Labute approximate surface area is 209 Å². The molecule has 2 aliphatic heterocycles. The second-order valence-corrected chi connectivity index (χ2v) is 9.15. The highest BCUT2D eigenvalue weighted by Crippen LogP contribution is 2.24. The second-order valence-electron chi connectivity index (χ2n) is 8.71. The SMILES string of the molecule is CNC1CCCN1C(=O)c1ccc(NC(=O)[C@H]2C[C@@H](OC)CN2C(=O)Nc2ccc(Cl)cc2)cc1. The van der Waals surface area contributed by atoms with Crippen LogP contribution in [0.4, 0.5) is 16.2 Å². The van der Waals surface area contributed by atoms with Crippen molar-refractivity contribution in [1.82, 2.24) is 15.1 Å². The maximum Gasteiger partial charge on any atom is 0.322 e. The number of rotatable bonds is 6. The molecular weight excluding hydrogens is 470 g/mol. The first-order chi connectivity index (χ1) is 16.9. The minimum Gasteiger partial charge on any atom is -0.380 e. The van der Waals surface area contributed by atoms with Gasteiger partial charge in [0, 0.05) is 48.6 Å². The Morgan fingerprint density at radius 3 is 2.29 bits per heavy atom. The van der Waals surface area contributed by atoms with Crippen molar-refractivity contribution in [3.8, 4) is 0 Å². The van der Waals surface area contributed by atoms with E-state index in [1.54, 1.807) is 55.6 Å². The number of methoxy groups -OCH3 is 1. The van der Waals surface area contributed by atoms with Crippen LogP contribution in [0.15, 0.2) is 48.5 Å². The van der Waals surface area contributed by atoms with Gasteiger partial charge in [-0.05, 0) is 68.4 Å². The maximum atomic E-state index is 13.1. The number of amides is 4. The highest BCUT2D eigenvalue weighted by atomic mass is 35.5. The molecule has 0 radical (unpaired) electrons. The lowest BCUT2D eigenvalue weighted by atomic mass is 10.1. The minimum absolute atomic E-state index is 0.0384. The van der Waals surface area contributed by atoms with Crippen molar-refractivity contribution in [2.24, 2.45) is 0 Å². The third-order valence-electron chi connectivity index (χ3n) is 6.50. The van der Waals surface area contributed by atoms with Crippen LogP contribution in [-0.4, -0.2) is 73.2 Å². The quantitative estimate of drug-likeness (QED) is 0.565. The normalized spacial score (nSPS) is 21.7. The van der Waals surface area contributed by atoms with E-state index in [9.17, 15) is 14.4 Å². The number of ether oxygens (including phenoxy) is 1. The number of anilines is 2. The average molecular weight is 500 g/mol. The van der Waals surface area contributed by atoms with E-state index in [2.05, 4.69) is 16.0 Å². The average Bonchev–Trinajstić information content (AvgIpc) is 3.53. The van der Waals surface area contributed by atoms with E-state index in [0.29, 0.717) is 34.9 Å². The van der Waals surface area contributed by atoms with Gasteiger partial charge in [0.15, 0.2) is 0 Å². The number of hydrogen-bond acceptors (Lipinski definition) is 5. The monoisotopic (exact) mass is 499 g/mol. The van der Waals surface area contributed by atoms with Gasteiger partial charge in [-0.15, -0.1) is 0 Å². The highest BCUT2D eigenvalue weighted by molar-refractivity contribution is 6.30. The summed E-state index contributed by atoms with van der Waals surface area (Å²) in [7, 11) is 3.42. The molecule has 2 saturated heterocycles. The Bertz CT molecular complexity index is 1060. The van der Waals surface area contributed by atoms with Crippen LogP contribution in [0.5, 0.6) is 0 Å². The number of benzene rings is 2. The first-order valence-electron chi connectivity index (χ1n) is 11.6. The smallest absolute Gasteiger partial charge is 0.322 e. The van der Waals surface area contributed by atoms with E-state index in [4.69, 9.17) is 16.3 Å². The number of carbonyl (C=O) groups excluding carboxylic acids is 3. The Morgan fingerprint density at radius 2 is 1.63 bits per heavy atom. The fraction of sp³-hybridized carbons (Fsp3) is 0.400. The highest BCUT2D eigenvalue weighted by Gasteiger charge is 2.40. The molecular formula is C25H30ClN5O4. The summed E-state index contributed by atoms with van der Waals surface area (Å²) in [5.41, 5.74) is 1.70. The fourth-order valence-electron chi connectivity index (χ4n) is 4.57. The van der Waals surface area contributed by atoms with Gasteiger partial charge in [-0.3, -0.25) is 9.59 Å². The lowest BCUT2D eigenvalue weighted by Gasteiger charge is -2.25. The van der Waals surface area contributed by atoms with Crippen LogP contribution in [0.1, 0.15) is 29.6 Å². The third-order valence-corrected chi connectivity index (χ3v) is 6.75. The van der Waals surface area contributed by atoms with Crippen LogP contribution in [0.3, 0.4) is 0 Å². The van der Waals surface area contributed by atoms with Gasteiger partial charge < -0.3 is 30.5 Å². The predicted molar refractivity (Wildman–Crippen MR) is 135 cm³/mol. The van der Waals surface area contributed by atoms with Crippen molar-refractivity contribution in [1.29, 1.82) is 0 Å². The lowest BCUT2D eigenvalue weighted by molar-refractivity contribution is -0.119. The predicted octanol–water partition coefficient (Wildman–Crippen LogP) is 3.38. The Balaban J connectivity index is 1.41. The number of halogens is 1. The Hall–Kier alpha value is -3.14. The zero-order valence-electron chi connectivity index (χ0n) is 19.8. The van der Waals surface area contributed by atoms with Crippen LogP contribution in [-0.2, 0) is 9.53 Å².